The molecule has 2 aliphatic rings. The van der Waals surface area contributed by atoms with Crippen LogP contribution in [0.2, 0.25) is 0 Å². The van der Waals surface area contributed by atoms with Crippen LogP contribution in [0.5, 0.6) is 5.75 Å². The molecule has 2 nitrogen and oxygen atoms in total. The zero-order valence-electron chi connectivity index (χ0n) is 14.8. The van der Waals surface area contributed by atoms with E-state index in [9.17, 15) is 0 Å². The number of fused-ring (bicyclic) bond motifs is 1. The summed E-state index contributed by atoms with van der Waals surface area (Å²) in [6, 6.07) is 17.0. The fraction of sp³-hybridized carbons (Fsp3) is 0.455. The molecule has 0 spiro atoms. The van der Waals surface area contributed by atoms with Crippen LogP contribution >= 0.6 is 0 Å². The van der Waals surface area contributed by atoms with Gasteiger partial charge in [0.2, 0.25) is 0 Å². The van der Waals surface area contributed by atoms with Gasteiger partial charge in [-0.15, -0.1) is 0 Å². The fourth-order valence-corrected chi connectivity index (χ4v) is 4.48. The van der Waals surface area contributed by atoms with Gasteiger partial charge < -0.3 is 4.74 Å². The quantitative estimate of drug-likeness (QED) is 0.812. The minimum Gasteiger partial charge on any atom is -0.497 e. The van der Waals surface area contributed by atoms with Crippen LogP contribution in [0.4, 0.5) is 0 Å². The number of methoxy groups -OCH3 is 1. The zero-order valence-corrected chi connectivity index (χ0v) is 14.8. The molecule has 2 atom stereocenters. The van der Waals surface area contributed by atoms with Crippen molar-refractivity contribution in [2.45, 2.75) is 51.1 Å². The molecular weight excluding hydrogens is 294 g/mol. The predicted octanol–water partition coefficient (Wildman–Crippen LogP) is 4.70. The maximum Gasteiger partial charge on any atom is 0.118 e. The van der Waals surface area contributed by atoms with Gasteiger partial charge >= 0.3 is 0 Å². The molecule has 1 aliphatic carbocycles. The lowest BCUT2D eigenvalue weighted by Crippen LogP contribution is -2.41. The summed E-state index contributed by atoms with van der Waals surface area (Å²) >= 11 is 0. The van der Waals surface area contributed by atoms with Crippen molar-refractivity contribution in [1.29, 1.82) is 0 Å². The average Bonchev–Trinajstić information content (AvgIpc) is 3.07. The first-order valence-electron chi connectivity index (χ1n) is 9.26. The lowest BCUT2D eigenvalue weighted by molar-refractivity contribution is 0.174. The first kappa shape index (κ1) is 15.7. The maximum atomic E-state index is 5.26. The van der Waals surface area contributed by atoms with Crippen LogP contribution in [-0.2, 0) is 12.8 Å². The third-order valence-electron chi connectivity index (χ3n) is 5.91. The lowest BCUT2D eigenvalue weighted by atomic mass is 9.85. The third-order valence-corrected chi connectivity index (χ3v) is 5.91. The van der Waals surface area contributed by atoms with E-state index in [0.717, 1.165) is 17.8 Å². The molecule has 2 aromatic rings. The van der Waals surface area contributed by atoms with Crippen LogP contribution in [0.25, 0.3) is 11.1 Å². The van der Waals surface area contributed by atoms with E-state index in [-0.39, 0.29) is 0 Å². The van der Waals surface area contributed by atoms with Gasteiger partial charge in [0.25, 0.3) is 0 Å². The SMILES string of the molecule is COc1ccc(-c2ccc3c(c2)CCC(N2CCC[C@H]2C)C3)cc1. The number of hydrogen-bond acceptors (Lipinski definition) is 2. The molecule has 0 aromatic heterocycles. The molecular formula is C22H27NO. The van der Waals surface area contributed by atoms with E-state index in [1.807, 2.05) is 12.1 Å². The highest BCUT2D eigenvalue weighted by Crippen LogP contribution is 2.32. The Kier molecular flexibility index (Phi) is 4.32. The van der Waals surface area contributed by atoms with E-state index < -0.39 is 0 Å². The smallest absolute Gasteiger partial charge is 0.118 e. The van der Waals surface area contributed by atoms with Gasteiger partial charge in [-0.05, 0) is 80.0 Å². The van der Waals surface area contributed by atoms with Crippen LogP contribution in [0.1, 0.15) is 37.3 Å². The number of nitrogens with zero attached hydrogens (tertiary/aromatic N) is 1. The molecule has 0 amide bonds. The molecule has 0 bridgehead atoms. The number of ether oxygens (including phenoxy) is 1. The first-order chi connectivity index (χ1) is 11.7. The van der Waals surface area contributed by atoms with Crippen LogP contribution in [0.3, 0.4) is 0 Å². The van der Waals surface area contributed by atoms with Gasteiger partial charge in [0, 0.05) is 12.1 Å². The molecule has 126 valence electrons. The molecule has 1 aliphatic heterocycles. The molecule has 2 aromatic carbocycles. The van der Waals surface area contributed by atoms with Gasteiger partial charge in [0.15, 0.2) is 0 Å². The highest BCUT2D eigenvalue weighted by molar-refractivity contribution is 5.66. The number of benzene rings is 2. The Balaban J connectivity index is 1.54. The van der Waals surface area contributed by atoms with Crippen molar-refractivity contribution in [3.63, 3.8) is 0 Å². The Hall–Kier alpha value is -1.80. The van der Waals surface area contributed by atoms with Crippen LogP contribution in [-0.4, -0.2) is 30.6 Å². The number of likely N-dealkylation sites (tertiary alicyclic amines) is 1. The van der Waals surface area contributed by atoms with Crippen LogP contribution < -0.4 is 4.74 Å². The Morgan fingerprint density at radius 2 is 1.75 bits per heavy atom. The second kappa shape index (κ2) is 6.60. The molecule has 0 radical (unpaired) electrons. The number of aryl methyl sites for hydroxylation is 1. The van der Waals surface area contributed by atoms with Gasteiger partial charge in [-0.25, -0.2) is 0 Å². The Morgan fingerprint density at radius 1 is 0.958 bits per heavy atom. The molecule has 1 heterocycles. The van der Waals surface area contributed by atoms with Crippen molar-refractivity contribution < 1.29 is 4.74 Å². The van der Waals surface area contributed by atoms with E-state index in [2.05, 4.69) is 42.2 Å². The van der Waals surface area contributed by atoms with Crippen LogP contribution in [0.15, 0.2) is 42.5 Å². The van der Waals surface area contributed by atoms with Gasteiger partial charge in [-0.1, -0.05) is 30.3 Å². The van der Waals surface area contributed by atoms with Gasteiger partial charge in [-0.2, -0.15) is 0 Å². The third kappa shape index (κ3) is 2.95. The molecule has 2 heteroatoms. The summed E-state index contributed by atoms with van der Waals surface area (Å²) in [5, 5.41) is 0. The molecule has 24 heavy (non-hydrogen) atoms. The van der Waals surface area contributed by atoms with E-state index in [1.165, 1.54) is 49.8 Å². The molecule has 1 fully saturated rings. The van der Waals surface area contributed by atoms with Crippen molar-refractivity contribution in [2.75, 3.05) is 13.7 Å². The second-order valence-electron chi connectivity index (χ2n) is 7.34. The summed E-state index contributed by atoms with van der Waals surface area (Å²) < 4.78 is 5.26. The van der Waals surface area contributed by atoms with Gasteiger partial charge in [0.1, 0.15) is 5.75 Å². The largest absolute Gasteiger partial charge is 0.497 e. The number of hydrogen-bond donors (Lipinski definition) is 0. The number of rotatable bonds is 3. The summed E-state index contributed by atoms with van der Waals surface area (Å²) in [5.41, 5.74) is 5.70. The van der Waals surface area contributed by atoms with Gasteiger partial charge in [0.05, 0.1) is 7.11 Å². The summed E-state index contributed by atoms with van der Waals surface area (Å²) in [4.78, 5) is 2.75. The van der Waals surface area contributed by atoms with E-state index in [4.69, 9.17) is 4.74 Å². The second-order valence-corrected chi connectivity index (χ2v) is 7.34. The maximum absolute atomic E-state index is 5.26. The Bertz CT molecular complexity index is 706. The fourth-order valence-electron chi connectivity index (χ4n) is 4.48. The Labute approximate surface area is 145 Å². The molecule has 1 unspecified atom stereocenters. The predicted molar refractivity (Wildman–Crippen MR) is 99.6 cm³/mol. The van der Waals surface area contributed by atoms with E-state index in [0.29, 0.717) is 0 Å². The monoisotopic (exact) mass is 321 g/mol. The molecule has 0 N–H and O–H groups in total. The van der Waals surface area contributed by atoms with Crippen molar-refractivity contribution in [2.24, 2.45) is 0 Å². The van der Waals surface area contributed by atoms with Crippen molar-refractivity contribution in [3.8, 4) is 16.9 Å². The zero-order chi connectivity index (χ0) is 16.5. The van der Waals surface area contributed by atoms with Crippen molar-refractivity contribution in [1.82, 2.24) is 4.90 Å². The highest BCUT2D eigenvalue weighted by atomic mass is 16.5. The highest BCUT2D eigenvalue weighted by Gasteiger charge is 2.30. The molecule has 1 saturated heterocycles. The molecule has 4 rings (SSSR count). The van der Waals surface area contributed by atoms with Crippen LogP contribution in [0, 0.1) is 0 Å². The van der Waals surface area contributed by atoms with E-state index >= 15 is 0 Å². The summed E-state index contributed by atoms with van der Waals surface area (Å²) in [6.07, 6.45) is 6.50. The minimum atomic E-state index is 0.752. The van der Waals surface area contributed by atoms with Crippen molar-refractivity contribution >= 4 is 0 Å². The Morgan fingerprint density at radius 3 is 2.46 bits per heavy atom. The summed E-state index contributed by atoms with van der Waals surface area (Å²) in [7, 11) is 1.71. The average molecular weight is 321 g/mol. The molecule has 0 saturated carbocycles. The lowest BCUT2D eigenvalue weighted by Gasteiger charge is -2.35. The topological polar surface area (TPSA) is 12.5 Å². The van der Waals surface area contributed by atoms with Crippen molar-refractivity contribution in [3.05, 3.63) is 53.6 Å². The standard InChI is InChI=1S/C22H27NO/c1-16-4-3-13-23(16)21-10-7-19-14-18(5-6-20(19)15-21)17-8-11-22(24-2)12-9-17/h5-6,8-9,11-12,14,16,21H,3-4,7,10,13,15H2,1-2H3/t16-,21?/m1/s1. The summed E-state index contributed by atoms with van der Waals surface area (Å²) in [5.74, 6) is 0.916. The van der Waals surface area contributed by atoms with Gasteiger partial charge in [-0.3, -0.25) is 4.90 Å². The normalized spacial score (nSPS) is 23.9. The summed E-state index contributed by atoms with van der Waals surface area (Å²) in [6.45, 7) is 3.69. The van der Waals surface area contributed by atoms with E-state index in [1.54, 1.807) is 18.2 Å². The first-order valence-corrected chi connectivity index (χ1v) is 9.26. The minimum absolute atomic E-state index is 0.752.